The molecule has 5 rings (SSSR count). The van der Waals surface area contributed by atoms with E-state index in [4.69, 9.17) is 21.1 Å². The van der Waals surface area contributed by atoms with Gasteiger partial charge < -0.3 is 14.8 Å². The Morgan fingerprint density at radius 3 is 2.69 bits per heavy atom. The van der Waals surface area contributed by atoms with Crippen molar-refractivity contribution in [3.63, 3.8) is 0 Å². The van der Waals surface area contributed by atoms with Gasteiger partial charge in [0.1, 0.15) is 18.2 Å². The molecule has 1 unspecified atom stereocenters. The number of nitrogens with one attached hydrogen (secondary N) is 1. The average Bonchev–Trinajstić information content (AvgIpc) is 3.56. The third-order valence-electron chi connectivity index (χ3n) is 6.02. The van der Waals surface area contributed by atoms with Gasteiger partial charge in [-0.1, -0.05) is 17.7 Å². The predicted molar refractivity (Wildman–Crippen MR) is 134 cm³/mol. The van der Waals surface area contributed by atoms with E-state index in [-0.39, 0.29) is 30.4 Å². The highest BCUT2D eigenvalue weighted by atomic mass is 35.5. The molecule has 0 aliphatic carbocycles. The Labute approximate surface area is 226 Å². The van der Waals surface area contributed by atoms with E-state index in [1.165, 1.54) is 29.6 Å². The van der Waals surface area contributed by atoms with E-state index < -0.39 is 11.9 Å². The molecule has 39 heavy (non-hydrogen) atoms. The predicted octanol–water partition coefficient (Wildman–Crippen LogP) is 4.78. The fourth-order valence-corrected chi connectivity index (χ4v) is 4.35. The van der Waals surface area contributed by atoms with E-state index in [9.17, 15) is 13.2 Å². The van der Waals surface area contributed by atoms with Crippen molar-refractivity contribution in [1.29, 1.82) is 0 Å². The number of nitrogens with zero attached hydrogens (tertiary/aromatic N) is 8. The summed E-state index contributed by atoms with van der Waals surface area (Å²) in [6.07, 6.45) is 3.40. The lowest BCUT2D eigenvalue weighted by molar-refractivity contribution is -0.141. The number of hydrogen-bond donors (Lipinski definition) is 1. The smallest absolute Gasteiger partial charge is 0.437 e. The molecule has 0 bridgehead atoms. The summed E-state index contributed by atoms with van der Waals surface area (Å²) in [6, 6.07) is 5.19. The summed E-state index contributed by atoms with van der Waals surface area (Å²) in [5.74, 6) is 0.444. The van der Waals surface area contributed by atoms with Crippen molar-refractivity contribution in [2.75, 3.05) is 11.9 Å². The molecule has 3 aromatic heterocycles. The molecule has 1 aliphatic heterocycles. The molecule has 0 amide bonds. The molecule has 0 radical (unpaired) electrons. The van der Waals surface area contributed by atoms with Gasteiger partial charge in [0.25, 0.3) is 0 Å². The highest BCUT2D eigenvalue weighted by Gasteiger charge is 2.38. The van der Waals surface area contributed by atoms with Crippen LogP contribution in [0.1, 0.15) is 31.9 Å². The molecule has 15 heteroatoms. The summed E-state index contributed by atoms with van der Waals surface area (Å²) in [4.78, 5) is 8.42. The second-order valence-electron chi connectivity index (χ2n) is 9.13. The van der Waals surface area contributed by atoms with Crippen LogP contribution in [-0.2, 0) is 24.0 Å². The third-order valence-corrected chi connectivity index (χ3v) is 6.33. The van der Waals surface area contributed by atoms with Gasteiger partial charge in [0.15, 0.2) is 5.69 Å². The minimum Gasteiger partial charge on any atom is -0.487 e. The molecule has 1 aliphatic rings. The van der Waals surface area contributed by atoms with Gasteiger partial charge >= 0.3 is 6.18 Å². The number of aromatic nitrogens is 8. The van der Waals surface area contributed by atoms with Gasteiger partial charge in [-0.05, 0) is 54.3 Å². The molecule has 2 atom stereocenters. The molecular formula is C24H25ClF3N9O2. The number of tetrazole rings is 1. The fraction of sp³-hybridized carbons (Fsp3) is 0.417. The summed E-state index contributed by atoms with van der Waals surface area (Å²) in [5.41, 5.74) is 0.0642. The molecule has 1 N–H and O–H groups in total. The molecule has 206 valence electrons. The van der Waals surface area contributed by atoms with Crippen LogP contribution in [0.25, 0.3) is 11.1 Å². The van der Waals surface area contributed by atoms with Crippen LogP contribution in [0.5, 0.6) is 5.75 Å². The van der Waals surface area contributed by atoms with Gasteiger partial charge in [0.2, 0.25) is 5.95 Å². The summed E-state index contributed by atoms with van der Waals surface area (Å²) in [6.45, 7) is 3.11. The lowest BCUT2D eigenvalue weighted by Gasteiger charge is -2.22. The van der Waals surface area contributed by atoms with Crippen molar-refractivity contribution in [3.05, 3.63) is 53.8 Å². The minimum atomic E-state index is -4.65. The van der Waals surface area contributed by atoms with Crippen LogP contribution in [-0.4, -0.2) is 58.8 Å². The normalized spacial score (nSPS) is 16.7. The van der Waals surface area contributed by atoms with Gasteiger partial charge in [0.05, 0.1) is 29.9 Å². The van der Waals surface area contributed by atoms with E-state index in [0.717, 1.165) is 19.3 Å². The van der Waals surface area contributed by atoms with Crippen LogP contribution in [0.2, 0.25) is 5.02 Å². The number of ether oxygens (including phenoxy) is 2. The lowest BCUT2D eigenvalue weighted by atomic mass is 10.1. The number of halogens is 4. The fourth-order valence-electron chi connectivity index (χ4n) is 4.19. The zero-order valence-electron chi connectivity index (χ0n) is 20.8. The Kier molecular flexibility index (Phi) is 7.93. The van der Waals surface area contributed by atoms with Crippen LogP contribution in [0.4, 0.5) is 24.8 Å². The quantitative estimate of drug-likeness (QED) is 0.307. The Bertz CT molecular complexity index is 1370. The summed E-state index contributed by atoms with van der Waals surface area (Å²) >= 11 is 6.32. The van der Waals surface area contributed by atoms with Crippen LogP contribution in [0.15, 0.2) is 43.1 Å². The summed E-state index contributed by atoms with van der Waals surface area (Å²) < 4.78 is 55.4. The van der Waals surface area contributed by atoms with E-state index in [0.29, 0.717) is 35.1 Å². The van der Waals surface area contributed by atoms with E-state index in [1.807, 2.05) is 6.92 Å². The first kappa shape index (κ1) is 26.8. The molecule has 1 aromatic carbocycles. The topological polar surface area (TPSA) is 118 Å². The zero-order chi connectivity index (χ0) is 27.4. The molecule has 1 saturated heterocycles. The Morgan fingerprint density at radius 1 is 1.18 bits per heavy atom. The van der Waals surface area contributed by atoms with Crippen LogP contribution >= 0.6 is 11.6 Å². The number of anilines is 2. The van der Waals surface area contributed by atoms with Crippen molar-refractivity contribution in [3.8, 4) is 16.9 Å². The second-order valence-corrected chi connectivity index (χ2v) is 9.53. The molecule has 1 fully saturated rings. The van der Waals surface area contributed by atoms with Crippen molar-refractivity contribution in [2.24, 2.45) is 0 Å². The third kappa shape index (κ3) is 6.81. The Balaban J connectivity index is 1.29. The monoisotopic (exact) mass is 563 g/mol. The Hall–Kier alpha value is -3.78. The standard InChI is InChI=1S/C24H25ClF3N9O2/c1-15(11-37-14-31-34-35-37)39-21-8-16(5-6-19(21)25)17-9-29-23(30-10-17)32-20-13-36(33-22(20)24(26,27)28)12-18-4-2-3-7-38-18/h5-6,8-10,13-15,18H,2-4,7,11-12H2,1H3,(H,29,30,32)/t15-,18?/m0/s1. The second kappa shape index (κ2) is 11.5. The Morgan fingerprint density at radius 2 is 2.00 bits per heavy atom. The molecule has 0 spiro atoms. The van der Waals surface area contributed by atoms with Crippen molar-refractivity contribution in [2.45, 2.75) is 57.7 Å². The van der Waals surface area contributed by atoms with Gasteiger partial charge in [-0.3, -0.25) is 4.68 Å². The molecule has 4 aromatic rings. The first-order valence-corrected chi connectivity index (χ1v) is 12.6. The van der Waals surface area contributed by atoms with Crippen molar-refractivity contribution < 1.29 is 22.6 Å². The molecule has 0 saturated carbocycles. The van der Waals surface area contributed by atoms with Gasteiger partial charge in [0, 0.05) is 30.8 Å². The number of rotatable bonds is 9. The van der Waals surface area contributed by atoms with Crippen LogP contribution in [0.3, 0.4) is 0 Å². The first-order chi connectivity index (χ1) is 18.7. The van der Waals surface area contributed by atoms with Gasteiger partial charge in [-0.25, -0.2) is 14.6 Å². The highest BCUT2D eigenvalue weighted by Crippen LogP contribution is 2.35. The van der Waals surface area contributed by atoms with Crippen molar-refractivity contribution in [1.82, 2.24) is 40.0 Å². The van der Waals surface area contributed by atoms with Crippen molar-refractivity contribution >= 4 is 23.2 Å². The highest BCUT2D eigenvalue weighted by molar-refractivity contribution is 6.32. The number of benzene rings is 1. The number of hydrogen-bond acceptors (Lipinski definition) is 9. The molecule has 4 heterocycles. The summed E-state index contributed by atoms with van der Waals surface area (Å²) in [7, 11) is 0. The molecule has 11 nitrogen and oxygen atoms in total. The van der Waals surface area contributed by atoms with E-state index in [2.05, 4.69) is 35.9 Å². The average molecular weight is 564 g/mol. The first-order valence-electron chi connectivity index (χ1n) is 12.3. The minimum absolute atomic E-state index is 0.00165. The lowest BCUT2D eigenvalue weighted by Crippen LogP contribution is -2.25. The van der Waals surface area contributed by atoms with Gasteiger partial charge in [-0.15, -0.1) is 5.10 Å². The maximum absolute atomic E-state index is 13.7. The van der Waals surface area contributed by atoms with E-state index in [1.54, 1.807) is 22.9 Å². The van der Waals surface area contributed by atoms with E-state index >= 15 is 0 Å². The largest absolute Gasteiger partial charge is 0.487 e. The maximum atomic E-state index is 13.7. The van der Waals surface area contributed by atoms with Crippen LogP contribution < -0.4 is 10.1 Å². The van der Waals surface area contributed by atoms with Gasteiger partial charge in [-0.2, -0.15) is 18.3 Å². The molecular weight excluding hydrogens is 539 g/mol. The SMILES string of the molecule is C[C@@H](Cn1cnnn1)Oc1cc(-c2cnc(Nc3cn(CC4CCCCO4)nc3C(F)(F)F)nc2)ccc1Cl. The number of alkyl halides is 3. The zero-order valence-corrected chi connectivity index (χ0v) is 21.6. The maximum Gasteiger partial charge on any atom is 0.437 e. The van der Waals surface area contributed by atoms with Crippen LogP contribution in [0, 0.1) is 0 Å². The summed E-state index contributed by atoms with van der Waals surface area (Å²) in [5, 5.41) is 17.8.